The SMILES string of the molecule is NCCOC(=O)N1CCN(C=O)C(C=O)C1. The van der Waals surface area contributed by atoms with Crippen LogP contribution in [0, 0.1) is 0 Å². The van der Waals surface area contributed by atoms with Gasteiger partial charge >= 0.3 is 6.09 Å². The van der Waals surface area contributed by atoms with E-state index in [-0.39, 0.29) is 19.7 Å². The molecule has 0 aliphatic carbocycles. The largest absolute Gasteiger partial charge is 0.448 e. The van der Waals surface area contributed by atoms with E-state index in [0.29, 0.717) is 25.8 Å². The van der Waals surface area contributed by atoms with Crippen molar-refractivity contribution in [2.75, 3.05) is 32.8 Å². The van der Waals surface area contributed by atoms with Crippen LogP contribution < -0.4 is 5.73 Å². The second kappa shape index (κ2) is 6.06. The molecule has 7 heteroatoms. The highest BCUT2D eigenvalue weighted by atomic mass is 16.6. The van der Waals surface area contributed by atoms with Gasteiger partial charge in [-0.15, -0.1) is 0 Å². The first-order valence-electron chi connectivity index (χ1n) is 5.01. The fourth-order valence-corrected chi connectivity index (χ4v) is 1.48. The van der Waals surface area contributed by atoms with Crippen LogP contribution in [0.2, 0.25) is 0 Å². The van der Waals surface area contributed by atoms with Crippen LogP contribution in [-0.2, 0) is 14.3 Å². The predicted octanol–water partition coefficient (Wildman–Crippen LogP) is -1.58. The van der Waals surface area contributed by atoms with E-state index in [2.05, 4.69) is 0 Å². The Balaban J connectivity index is 2.49. The van der Waals surface area contributed by atoms with Crippen LogP contribution in [0.15, 0.2) is 0 Å². The third-order valence-corrected chi connectivity index (χ3v) is 2.36. The number of carbonyl (C=O) groups is 3. The Labute approximate surface area is 93.1 Å². The first-order chi connectivity index (χ1) is 7.72. The fraction of sp³-hybridized carbons (Fsp3) is 0.667. The maximum atomic E-state index is 11.4. The van der Waals surface area contributed by atoms with Gasteiger partial charge in [-0.05, 0) is 0 Å². The zero-order valence-electron chi connectivity index (χ0n) is 8.87. The Morgan fingerprint density at radius 2 is 2.19 bits per heavy atom. The van der Waals surface area contributed by atoms with Crippen LogP contribution in [0.5, 0.6) is 0 Å². The van der Waals surface area contributed by atoms with Crippen LogP contribution in [-0.4, -0.2) is 67.4 Å². The lowest BCUT2D eigenvalue weighted by atomic mass is 10.2. The van der Waals surface area contributed by atoms with Crippen molar-refractivity contribution in [3.05, 3.63) is 0 Å². The van der Waals surface area contributed by atoms with E-state index in [1.165, 1.54) is 9.80 Å². The molecule has 1 aliphatic rings. The molecule has 1 fully saturated rings. The zero-order valence-corrected chi connectivity index (χ0v) is 8.87. The van der Waals surface area contributed by atoms with E-state index in [4.69, 9.17) is 10.5 Å². The molecule has 0 aromatic rings. The van der Waals surface area contributed by atoms with Crippen molar-refractivity contribution < 1.29 is 19.1 Å². The molecule has 0 aromatic heterocycles. The van der Waals surface area contributed by atoms with Crippen molar-refractivity contribution in [3.63, 3.8) is 0 Å². The van der Waals surface area contributed by atoms with Crippen molar-refractivity contribution in [2.24, 2.45) is 5.73 Å². The minimum absolute atomic E-state index is 0.151. The molecule has 90 valence electrons. The van der Waals surface area contributed by atoms with E-state index in [1.807, 2.05) is 0 Å². The second-order valence-electron chi connectivity index (χ2n) is 3.40. The van der Waals surface area contributed by atoms with E-state index >= 15 is 0 Å². The Morgan fingerprint density at radius 3 is 2.75 bits per heavy atom. The molecule has 1 heterocycles. The molecular weight excluding hydrogens is 214 g/mol. The number of aldehydes is 1. The van der Waals surface area contributed by atoms with Gasteiger partial charge in [0.1, 0.15) is 18.9 Å². The Kier molecular flexibility index (Phi) is 4.71. The standard InChI is InChI=1S/C9H15N3O4/c10-1-4-16-9(15)11-2-3-12(7-14)8(5-11)6-13/h6-8H,1-5,10H2. The molecule has 1 saturated heterocycles. The second-order valence-corrected chi connectivity index (χ2v) is 3.40. The highest BCUT2D eigenvalue weighted by Crippen LogP contribution is 2.07. The first kappa shape index (κ1) is 12.4. The molecule has 0 spiro atoms. The quantitative estimate of drug-likeness (QED) is 0.587. The van der Waals surface area contributed by atoms with E-state index in [1.54, 1.807) is 0 Å². The summed E-state index contributed by atoms with van der Waals surface area (Å²) in [5, 5.41) is 0. The van der Waals surface area contributed by atoms with Gasteiger partial charge in [0.05, 0.1) is 6.54 Å². The normalized spacial score (nSPS) is 20.4. The van der Waals surface area contributed by atoms with E-state index < -0.39 is 12.1 Å². The molecular formula is C9H15N3O4. The van der Waals surface area contributed by atoms with E-state index in [0.717, 1.165) is 0 Å². The lowest BCUT2D eigenvalue weighted by Crippen LogP contribution is -2.55. The van der Waals surface area contributed by atoms with Gasteiger partial charge in [-0.1, -0.05) is 0 Å². The number of nitrogens with two attached hydrogens (primary N) is 1. The van der Waals surface area contributed by atoms with Crippen molar-refractivity contribution in [3.8, 4) is 0 Å². The van der Waals surface area contributed by atoms with Crippen molar-refractivity contribution in [1.29, 1.82) is 0 Å². The predicted molar refractivity (Wildman–Crippen MR) is 54.6 cm³/mol. The Morgan fingerprint density at radius 1 is 1.44 bits per heavy atom. The van der Waals surface area contributed by atoms with Gasteiger partial charge in [-0.25, -0.2) is 4.79 Å². The maximum absolute atomic E-state index is 11.4. The number of ether oxygens (including phenoxy) is 1. The van der Waals surface area contributed by atoms with Gasteiger partial charge in [0, 0.05) is 19.6 Å². The maximum Gasteiger partial charge on any atom is 0.409 e. The molecule has 2 N–H and O–H groups in total. The average Bonchev–Trinajstić information content (AvgIpc) is 2.34. The molecule has 0 aromatic carbocycles. The smallest absolute Gasteiger partial charge is 0.409 e. The van der Waals surface area contributed by atoms with Gasteiger partial charge in [0.25, 0.3) is 0 Å². The van der Waals surface area contributed by atoms with Crippen LogP contribution >= 0.6 is 0 Å². The minimum atomic E-state index is -0.586. The summed E-state index contributed by atoms with van der Waals surface area (Å²) in [5.41, 5.74) is 5.20. The topological polar surface area (TPSA) is 92.9 Å². The number of hydrogen-bond acceptors (Lipinski definition) is 5. The van der Waals surface area contributed by atoms with Gasteiger partial charge in [-0.3, -0.25) is 4.79 Å². The monoisotopic (exact) mass is 229 g/mol. The molecule has 7 nitrogen and oxygen atoms in total. The molecule has 0 saturated carbocycles. The zero-order chi connectivity index (χ0) is 12.0. The van der Waals surface area contributed by atoms with Crippen LogP contribution in [0.1, 0.15) is 0 Å². The van der Waals surface area contributed by atoms with Crippen LogP contribution in [0.25, 0.3) is 0 Å². The molecule has 1 aliphatic heterocycles. The Hall–Kier alpha value is -1.63. The molecule has 0 bridgehead atoms. The number of hydrogen-bond donors (Lipinski definition) is 1. The summed E-state index contributed by atoms with van der Waals surface area (Å²) in [6.07, 6.45) is 0.765. The minimum Gasteiger partial charge on any atom is -0.448 e. The van der Waals surface area contributed by atoms with Gasteiger partial charge < -0.3 is 25.1 Å². The molecule has 1 unspecified atom stereocenters. The van der Waals surface area contributed by atoms with Gasteiger partial charge in [-0.2, -0.15) is 0 Å². The lowest BCUT2D eigenvalue weighted by molar-refractivity contribution is -0.128. The molecule has 1 rings (SSSR count). The van der Waals surface area contributed by atoms with Crippen LogP contribution in [0.3, 0.4) is 0 Å². The van der Waals surface area contributed by atoms with Gasteiger partial charge in [0.15, 0.2) is 0 Å². The number of rotatable bonds is 4. The van der Waals surface area contributed by atoms with Crippen molar-refractivity contribution in [2.45, 2.75) is 6.04 Å². The van der Waals surface area contributed by atoms with Crippen molar-refractivity contribution in [1.82, 2.24) is 9.80 Å². The summed E-state index contributed by atoms with van der Waals surface area (Å²) in [4.78, 5) is 35.5. The number of nitrogens with zero attached hydrogens (tertiary/aromatic N) is 2. The third kappa shape index (κ3) is 2.93. The fourth-order valence-electron chi connectivity index (χ4n) is 1.48. The molecule has 0 radical (unpaired) electrons. The molecule has 2 amide bonds. The molecule has 16 heavy (non-hydrogen) atoms. The summed E-state index contributed by atoms with van der Waals surface area (Å²) < 4.78 is 4.83. The van der Waals surface area contributed by atoms with Gasteiger partial charge in [0.2, 0.25) is 6.41 Å². The number of piperazine rings is 1. The average molecular weight is 229 g/mol. The lowest BCUT2D eigenvalue weighted by Gasteiger charge is -2.36. The highest BCUT2D eigenvalue weighted by Gasteiger charge is 2.28. The van der Waals surface area contributed by atoms with Crippen LogP contribution in [0.4, 0.5) is 4.79 Å². The van der Waals surface area contributed by atoms with Crippen molar-refractivity contribution >= 4 is 18.8 Å². The highest BCUT2D eigenvalue weighted by molar-refractivity contribution is 5.71. The van der Waals surface area contributed by atoms with E-state index in [9.17, 15) is 14.4 Å². The third-order valence-electron chi connectivity index (χ3n) is 2.36. The summed E-state index contributed by atoms with van der Waals surface area (Å²) in [6.45, 7) is 1.29. The number of amides is 2. The first-order valence-corrected chi connectivity index (χ1v) is 5.01. The summed E-state index contributed by atoms with van der Waals surface area (Å²) in [7, 11) is 0. The Bertz CT molecular complexity index is 271. The molecule has 1 atom stereocenters. The summed E-state index contributed by atoms with van der Waals surface area (Å²) in [6, 6.07) is -0.586. The number of carbonyl (C=O) groups excluding carboxylic acids is 3. The summed E-state index contributed by atoms with van der Waals surface area (Å²) >= 11 is 0. The summed E-state index contributed by atoms with van der Waals surface area (Å²) in [5.74, 6) is 0.